The summed E-state index contributed by atoms with van der Waals surface area (Å²) in [5.74, 6) is -12.8. The van der Waals surface area contributed by atoms with Crippen LogP contribution in [0.3, 0.4) is 0 Å². The quantitative estimate of drug-likeness (QED) is 0.0373. The van der Waals surface area contributed by atoms with Gasteiger partial charge < -0.3 is 74.0 Å². The maximum atomic E-state index is 14.4. The molecule has 1 aliphatic heterocycles. The van der Waals surface area contributed by atoms with Crippen molar-refractivity contribution in [2.24, 2.45) is 23.3 Å². The fraction of sp³-hybridized carbons (Fsp3) is 0.521. The number of carboxylic acid groups (broad SMARTS) is 2. The minimum Gasteiger partial charge on any atom is -0.481 e. The lowest BCUT2D eigenvalue weighted by Crippen LogP contribution is -2.61. The molecule has 0 radical (unpaired) electrons. The molecule has 0 aliphatic carbocycles. The van der Waals surface area contributed by atoms with Crippen LogP contribution in [0.2, 0.25) is 0 Å². The molecule has 25 heteroatoms. The Kier molecular flexibility index (Phi) is 23.9. The van der Waals surface area contributed by atoms with Crippen molar-refractivity contribution in [3.63, 3.8) is 0 Å². The van der Waals surface area contributed by atoms with E-state index in [1.165, 1.54) is 4.90 Å². The van der Waals surface area contributed by atoms with E-state index >= 15 is 0 Å². The van der Waals surface area contributed by atoms with Crippen LogP contribution >= 0.6 is 0 Å². The van der Waals surface area contributed by atoms with Gasteiger partial charge in [-0.05, 0) is 48.6 Å². The van der Waals surface area contributed by atoms with Gasteiger partial charge in [0.2, 0.25) is 53.2 Å². The van der Waals surface area contributed by atoms with Crippen LogP contribution in [0.1, 0.15) is 70.9 Å². The highest BCUT2D eigenvalue weighted by Crippen LogP contribution is 2.21. The third-order valence-electron chi connectivity index (χ3n) is 11.8. The van der Waals surface area contributed by atoms with Gasteiger partial charge >= 0.3 is 11.9 Å². The predicted octanol–water partition coefficient (Wildman–Crippen LogP) is -3.69. The van der Waals surface area contributed by atoms with Gasteiger partial charge in [-0.15, -0.1) is 0 Å². The molecule has 1 aliphatic rings. The zero-order valence-corrected chi connectivity index (χ0v) is 41.1. The number of aliphatic carboxylic acids is 2. The number of carbonyl (C=O) groups excluding carboxylic acids is 9. The summed E-state index contributed by atoms with van der Waals surface area (Å²) in [4.78, 5) is 146. The Labute approximate surface area is 421 Å². The third kappa shape index (κ3) is 18.9. The summed E-state index contributed by atoms with van der Waals surface area (Å²) in [6.45, 7) is 4.35. The topological polar surface area (TPSA) is 408 Å². The molecule has 0 spiro atoms. The van der Waals surface area contributed by atoms with Crippen LogP contribution in [0.5, 0.6) is 0 Å². The number of nitrogens with one attached hydrogen (secondary N) is 7. The second kappa shape index (κ2) is 29.1. The van der Waals surface area contributed by atoms with Crippen LogP contribution in [-0.2, 0) is 65.6 Å². The summed E-state index contributed by atoms with van der Waals surface area (Å²) >= 11 is 0. The highest BCUT2D eigenvalue weighted by Gasteiger charge is 2.41. The molecule has 2 aromatic rings. The van der Waals surface area contributed by atoms with Crippen molar-refractivity contribution >= 4 is 65.1 Å². The number of aliphatic hydroxyl groups excluding tert-OH is 2. The Bertz CT molecular complexity index is 2270. The number of amides is 9. The summed E-state index contributed by atoms with van der Waals surface area (Å²) < 4.78 is 0. The zero-order valence-electron chi connectivity index (χ0n) is 41.1. The molecule has 0 aromatic heterocycles. The van der Waals surface area contributed by atoms with Gasteiger partial charge in [0.15, 0.2) is 0 Å². The lowest BCUT2D eigenvalue weighted by molar-refractivity contribution is -0.144. The van der Waals surface area contributed by atoms with Gasteiger partial charge in [0.25, 0.3) is 0 Å². The average molecular weight is 1030 g/mol. The number of aliphatic hydroxyl groups is 2. The number of carboxylic acids is 2. The number of primary amides is 1. The number of hydrogen-bond donors (Lipinski definition) is 13. The van der Waals surface area contributed by atoms with Gasteiger partial charge in [0.05, 0.1) is 25.7 Å². The van der Waals surface area contributed by atoms with E-state index in [9.17, 15) is 73.2 Å². The first-order valence-corrected chi connectivity index (χ1v) is 23.7. The number of likely N-dealkylation sites (tertiary alicyclic amines) is 1. The van der Waals surface area contributed by atoms with Gasteiger partial charge in [0, 0.05) is 19.4 Å². The molecular weight excluding hydrogens is 957 g/mol. The van der Waals surface area contributed by atoms with E-state index in [0.717, 1.165) is 0 Å². The van der Waals surface area contributed by atoms with Crippen molar-refractivity contribution in [3.8, 4) is 0 Å². The third-order valence-corrected chi connectivity index (χ3v) is 11.8. The summed E-state index contributed by atoms with van der Waals surface area (Å²) in [7, 11) is 0. The second-order valence-corrected chi connectivity index (χ2v) is 18.2. The molecule has 1 heterocycles. The van der Waals surface area contributed by atoms with E-state index in [4.69, 9.17) is 11.5 Å². The molecule has 9 amide bonds. The van der Waals surface area contributed by atoms with Crippen molar-refractivity contribution in [3.05, 3.63) is 71.8 Å². The first-order chi connectivity index (χ1) is 34.5. The molecule has 0 bridgehead atoms. The van der Waals surface area contributed by atoms with Gasteiger partial charge in [0.1, 0.15) is 48.3 Å². The van der Waals surface area contributed by atoms with Gasteiger partial charge in [-0.25, -0.2) is 4.79 Å². The monoisotopic (exact) mass is 1020 g/mol. The van der Waals surface area contributed by atoms with Crippen LogP contribution in [0, 0.1) is 11.8 Å². The van der Waals surface area contributed by atoms with Crippen molar-refractivity contribution in [2.45, 2.75) is 127 Å². The Morgan fingerprint density at radius 2 is 1.04 bits per heavy atom. The van der Waals surface area contributed by atoms with Crippen LogP contribution in [0.25, 0.3) is 0 Å². The van der Waals surface area contributed by atoms with Crippen molar-refractivity contribution in [1.82, 2.24) is 42.1 Å². The van der Waals surface area contributed by atoms with E-state index < -0.39 is 164 Å². The molecule has 0 saturated carbocycles. The minimum atomic E-state index is -1.92. The molecule has 1 fully saturated rings. The lowest BCUT2D eigenvalue weighted by Gasteiger charge is -2.32. The fourth-order valence-corrected chi connectivity index (χ4v) is 7.73. The van der Waals surface area contributed by atoms with E-state index in [2.05, 4.69) is 37.2 Å². The maximum Gasteiger partial charge on any atom is 0.326 e. The Balaban J connectivity index is 1.81. The SMILES string of the molecule is CC(C)[C@H](NC(=O)[C@H](CO)NC(=O)[C@H](Cc1ccccc1)NC(=O)[C@@H]1CCCN1C(=O)[C@@H](NC(=O)[C@H](CCC(N)=O)NC(=O)[C@H](CC(=O)O)NC(=O)[C@H](CO)NC(=O)[C@@H](N)Cc1ccccc1)C(C)C)C(=O)O. The number of benzene rings is 2. The van der Waals surface area contributed by atoms with E-state index in [-0.39, 0.29) is 25.8 Å². The lowest BCUT2D eigenvalue weighted by atomic mass is 10.00. The maximum absolute atomic E-state index is 14.4. The molecule has 3 rings (SSSR count). The molecule has 1 saturated heterocycles. The smallest absolute Gasteiger partial charge is 0.326 e. The van der Waals surface area contributed by atoms with Crippen molar-refractivity contribution in [2.75, 3.05) is 19.8 Å². The number of nitrogens with two attached hydrogens (primary N) is 2. The van der Waals surface area contributed by atoms with E-state index in [1.807, 2.05) is 0 Å². The second-order valence-electron chi connectivity index (χ2n) is 18.2. The number of nitrogens with zero attached hydrogens (tertiary/aromatic N) is 1. The van der Waals surface area contributed by atoms with E-state index in [1.54, 1.807) is 88.4 Å². The normalized spacial score (nSPS) is 16.5. The highest BCUT2D eigenvalue weighted by atomic mass is 16.4. The fourth-order valence-electron chi connectivity index (χ4n) is 7.73. The largest absolute Gasteiger partial charge is 0.481 e. The summed E-state index contributed by atoms with van der Waals surface area (Å²) in [6.07, 6.45) is -1.65. The van der Waals surface area contributed by atoms with Gasteiger partial charge in [-0.1, -0.05) is 88.4 Å². The van der Waals surface area contributed by atoms with E-state index in [0.29, 0.717) is 17.5 Å². The Morgan fingerprint density at radius 1 is 0.589 bits per heavy atom. The summed E-state index contributed by atoms with van der Waals surface area (Å²) in [6, 6.07) is 3.68. The first-order valence-electron chi connectivity index (χ1n) is 23.7. The Hall–Kier alpha value is -7.51. The molecule has 15 N–H and O–H groups in total. The minimum absolute atomic E-state index is 0.0194. The number of hydrogen-bond acceptors (Lipinski definition) is 14. The number of rotatable bonds is 29. The summed E-state index contributed by atoms with van der Waals surface area (Å²) in [5, 5.41) is 55.8. The predicted molar refractivity (Wildman–Crippen MR) is 259 cm³/mol. The molecule has 73 heavy (non-hydrogen) atoms. The molecule has 9 atom stereocenters. The van der Waals surface area contributed by atoms with Crippen molar-refractivity contribution in [1.29, 1.82) is 0 Å². The average Bonchev–Trinajstić information content (AvgIpc) is 3.84. The van der Waals surface area contributed by atoms with Crippen LogP contribution in [-0.4, -0.2) is 165 Å². The first kappa shape index (κ1) is 59.8. The van der Waals surface area contributed by atoms with Crippen LogP contribution in [0.15, 0.2) is 60.7 Å². The standard InChI is InChI=1S/C48H68N10O15/c1-25(2)38(47(71)58-19-11-16-35(58)46(70)53-31(21-28-14-9-6-10-15-28)42(66)55-34(24-60)45(69)57-39(26(3)4)48(72)73)56-41(65)30(17-18-36(50)61)51-43(67)32(22-37(62)63)52-44(68)33(23-59)54-40(64)29(49)20-27-12-7-5-8-13-27/h5-10,12-15,25-26,29-35,38-39,59-60H,11,16-24,49H2,1-4H3,(H2,50,61)(H,51,67)(H,52,68)(H,53,70)(H,54,64)(H,55,66)(H,56,65)(H,57,69)(H,62,63)(H,72,73)/t29-,30-,31-,32-,33-,34-,35-,38-,39-/m0/s1. The molecule has 0 unspecified atom stereocenters. The van der Waals surface area contributed by atoms with Crippen LogP contribution in [0.4, 0.5) is 0 Å². The van der Waals surface area contributed by atoms with Gasteiger partial charge in [-0.3, -0.25) is 47.9 Å². The molecule has 2 aromatic carbocycles. The van der Waals surface area contributed by atoms with Crippen LogP contribution < -0.4 is 48.7 Å². The summed E-state index contributed by atoms with van der Waals surface area (Å²) in [5.41, 5.74) is 12.6. The molecule has 25 nitrogen and oxygen atoms in total. The van der Waals surface area contributed by atoms with Crippen molar-refractivity contribution < 1.29 is 73.2 Å². The Morgan fingerprint density at radius 3 is 1.55 bits per heavy atom. The number of carbonyl (C=O) groups is 11. The highest BCUT2D eigenvalue weighted by molar-refractivity contribution is 5.99. The molecule has 400 valence electrons. The zero-order chi connectivity index (χ0) is 54.5. The molecular formula is C48H68N10O15. The van der Waals surface area contributed by atoms with Gasteiger partial charge in [-0.2, -0.15) is 0 Å².